The minimum Gasteiger partial charge on any atom is -0.379 e. The molecule has 1 N–H and O–H groups in total. The molecule has 0 aliphatic carbocycles. The molecule has 0 bridgehead atoms. The van der Waals surface area contributed by atoms with Crippen molar-refractivity contribution in [2.24, 2.45) is 0 Å². The van der Waals surface area contributed by atoms with Gasteiger partial charge in [0.05, 0.1) is 37.5 Å². The average molecular weight is 534 g/mol. The van der Waals surface area contributed by atoms with Crippen LogP contribution in [-0.4, -0.2) is 56.6 Å². The predicted octanol–water partition coefficient (Wildman–Crippen LogP) is 4.79. The summed E-state index contributed by atoms with van der Waals surface area (Å²) >= 11 is 0. The zero-order valence-electron chi connectivity index (χ0n) is 23.6. The molecule has 3 aromatic rings. The Morgan fingerprint density at radius 3 is 2.56 bits per heavy atom. The molecule has 2 heterocycles. The van der Waals surface area contributed by atoms with E-state index in [0.717, 1.165) is 28.9 Å². The van der Waals surface area contributed by atoms with Gasteiger partial charge in [0.15, 0.2) is 0 Å². The quantitative estimate of drug-likeness (QED) is 0.359. The Balaban J connectivity index is 1.27. The maximum atomic E-state index is 12.4. The van der Waals surface area contributed by atoms with E-state index in [9.17, 15) is 9.59 Å². The van der Waals surface area contributed by atoms with Crippen LogP contribution in [0.15, 0.2) is 48.7 Å². The standard InChI is InChI=1S/C30H39N5O4/c1-21(2)38-16-14-30(4,5)39-15-13-29(37)31-26-11-9-23(10-12-26)28-20-35(33-32-28)18-25-8-6-7-24-17-34(22(3)36)19-27(24)25/h6-12,20-21H,13-19H2,1-5H3,(H,31,37). The number of nitrogens with zero attached hydrogens (tertiary/aromatic N) is 4. The number of carbonyl (C=O) groups excluding carboxylic acids is 2. The van der Waals surface area contributed by atoms with Gasteiger partial charge in [0, 0.05) is 37.9 Å². The molecule has 0 atom stereocenters. The number of nitrogens with one attached hydrogen (secondary N) is 1. The predicted molar refractivity (Wildman–Crippen MR) is 150 cm³/mol. The number of amides is 2. The van der Waals surface area contributed by atoms with Gasteiger partial charge in [-0.25, -0.2) is 4.68 Å². The molecule has 2 aromatic carbocycles. The van der Waals surface area contributed by atoms with Crippen molar-refractivity contribution in [3.63, 3.8) is 0 Å². The van der Waals surface area contributed by atoms with Gasteiger partial charge in [0.25, 0.3) is 0 Å². The van der Waals surface area contributed by atoms with Gasteiger partial charge in [0.2, 0.25) is 11.8 Å². The van der Waals surface area contributed by atoms with Crippen molar-refractivity contribution in [3.8, 4) is 11.3 Å². The second-order valence-electron chi connectivity index (χ2n) is 10.9. The Kier molecular flexibility index (Phi) is 9.14. The lowest BCUT2D eigenvalue weighted by Crippen LogP contribution is -2.28. The highest BCUT2D eigenvalue weighted by Gasteiger charge is 2.23. The molecule has 9 nitrogen and oxygen atoms in total. The molecule has 0 radical (unpaired) electrons. The first-order valence-corrected chi connectivity index (χ1v) is 13.5. The molecule has 39 heavy (non-hydrogen) atoms. The Morgan fingerprint density at radius 2 is 1.85 bits per heavy atom. The number of anilines is 1. The lowest BCUT2D eigenvalue weighted by atomic mass is 10.0. The maximum absolute atomic E-state index is 12.4. The van der Waals surface area contributed by atoms with Crippen LogP contribution in [0.25, 0.3) is 11.3 Å². The van der Waals surface area contributed by atoms with Crippen LogP contribution in [0.5, 0.6) is 0 Å². The van der Waals surface area contributed by atoms with Crippen molar-refractivity contribution >= 4 is 17.5 Å². The highest BCUT2D eigenvalue weighted by atomic mass is 16.5. The third-order valence-corrected chi connectivity index (χ3v) is 6.84. The topological polar surface area (TPSA) is 98.6 Å². The minimum absolute atomic E-state index is 0.0835. The molecule has 2 amide bonds. The third kappa shape index (κ3) is 7.97. The van der Waals surface area contributed by atoms with Crippen LogP contribution in [0.4, 0.5) is 5.69 Å². The van der Waals surface area contributed by atoms with E-state index >= 15 is 0 Å². The fourth-order valence-electron chi connectivity index (χ4n) is 4.53. The van der Waals surface area contributed by atoms with Crippen molar-refractivity contribution < 1.29 is 19.1 Å². The summed E-state index contributed by atoms with van der Waals surface area (Å²) in [6.07, 6.45) is 3.15. The lowest BCUT2D eigenvalue weighted by Gasteiger charge is -2.25. The number of rotatable bonds is 12. The van der Waals surface area contributed by atoms with Crippen LogP contribution in [0, 0.1) is 0 Å². The highest BCUT2D eigenvalue weighted by Crippen LogP contribution is 2.27. The summed E-state index contributed by atoms with van der Waals surface area (Å²) in [4.78, 5) is 26.1. The molecule has 1 aliphatic rings. The molecule has 0 unspecified atom stereocenters. The first-order chi connectivity index (χ1) is 18.6. The summed E-state index contributed by atoms with van der Waals surface area (Å²) in [5.41, 5.74) is 5.56. The SMILES string of the molecule is CC(=O)N1Cc2cccc(Cn3cc(-c4ccc(NC(=O)CCOC(C)(C)CCOC(C)C)cc4)nn3)c2C1. The third-order valence-electron chi connectivity index (χ3n) is 6.84. The van der Waals surface area contributed by atoms with Gasteiger partial charge in [-0.2, -0.15) is 0 Å². The van der Waals surface area contributed by atoms with E-state index in [-0.39, 0.29) is 29.9 Å². The number of carbonyl (C=O) groups is 2. The van der Waals surface area contributed by atoms with Gasteiger partial charge in [0.1, 0.15) is 5.69 Å². The summed E-state index contributed by atoms with van der Waals surface area (Å²) in [6.45, 7) is 12.5. The molecular formula is C30H39N5O4. The Morgan fingerprint density at radius 1 is 1.08 bits per heavy atom. The van der Waals surface area contributed by atoms with Gasteiger partial charge in [-0.1, -0.05) is 35.5 Å². The minimum atomic E-state index is -0.344. The molecule has 0 spiro atoms. The first-order valence-electron chi connectivity index (χ1n) is 13.5. The van der Waals surface area contributed by atoms with E-state index in [1.807, 2.05) is 73.8 Å². The molecule has 1 aromatic heterocycles. The second kappa shape index (κ2) is 12.5. The van der Waals surface area contributed by atoms with Gasteiger partial charge >= 0.3 is 0 Å². The second-order valence-corrected chi connectivity index (χ2v) is 10.9. The molecule has 0 saturated heterocycles. The van der Waals surface area contributed by atoms with E-state index in [1.54, 1.807) is 6.92 Å². The van der Waals surface area contributed by atoms with E-state index < -0.39 is 0 Å². The van der Waals surface area contributed by atoms with Crippen LogP contribution in [-0.2, 0) is 38.7 Å². The summed E-state index contributed by atoms with van der Waals surface area (Å²) in [5, 5.41) is 11.6. The van der Waals surface area contributed by atoms with Gasteiger partial charge in [-0.05, 0) is 62.9 Å². The largest absolute Gasteiger partial charge is 0.379 e. The molecule has 4 rings (SSSR count). The van der Waals surface area contributed by atoms with Crippen LogP contribution in [0.2, 0.25) is 0 Å². The van der Waals surface area contributed by atoms with Crippen molar-refractivity contribution in [1.29, 1.82) is 0 Å². The first kappa shape index (κ1) is 28.4. The van der Waals surface area contributed by atoms with Crippen LogP contribution < -0.4 is 5.32 Å². The molecule has 0 saturated carbocycles. The van der Waals surface area contributed by atoms with Crippen molar-refractivity contribution in [2.45, 2.75) is 78.8 Å². The average Bonchev–Trinajstić information content (AvgIpc) is 3.52. The molecule has 9 heteroatoms. The Labute approximate surface area is 230 Å². The van der Waals surface area contributed by atoms with E-state index in [1.165, 1.54) is 11.1 Å². The van der Waals surface area contributed by atoms with Gasteiger partial charge < -0.3 is 19.7 Å². The van der Waals surface area contributed by atoms with Gasteiger partial charge in [-0.15, -0.1) is 5.10 Å². The van der Waals surface area contributed by atoms with E-state index in [2.05, 4.69) is 27.8 Å². The zero-order valence-corrected chi connectivity index (χ0v) is 23.6. The fraction of sp³-hybridized carbons (Fsp3) is 0.467. The number of hydrogen-bond acceptors (Lipinski definition) is 6. The molecule has 0 fully saturated rings. The molecule has 208 valence electrons. The van der Waals surface area contributed by atoms with Crippen LogP contribution in [0.3, 0.4) is 0 Å². The lowest BCUT2D eigenvalue weighted by molar-refractivity contribution is -0.129. The van der Waals surface area contributed by atoms with Crippen molar-refractivity contribution in [1.82, 2.24) is 19.9 Å². The maximum Gasteiger partial charge on any atom is 0.226 e. The highest BCUT2D eigenvalue weighted by molar-refractivity contribution is 5.91. The Hall–Kier alpha value is -3.56. The van der Waals surface area contributed by atoms with Crippen LogP contribution >= 0.6 is 0 Å². The summed E-state index contributed by atoms with van der Waals surface area (Å²) in [7, 11) is 0. The van der Waals surface area contributed by atoms with E-state index in [4.69, 9.17) is 9.47 Å². The number of fused-ring (bicyclic) bond motifs is 1. The summed E-state index contributed by atoms with van der Waals surface area (Å²) in [6, 6.07) is 13.7. The molecular weight excluding hydrogens is 494 g/mol. The molecule has 1 aliphatic heterocycles. The summed E-state index contributed by atoms with van der Waals surface area (Å²) < 4.78 is 13.3. The number of hydrogen-bond donors (Lipinski definition) is 1. The van der Waals surface area contributed by atoms with Crippen molar-refractivity contribution in [3.05, 3.63) is 65.4 Å². The normalized spacial score (nSPS) is 13.1. The number of aromatic nitrogens is 3. The zero-order chi connectivity index (χ0) is 28.0. The monoisotopic (exact) mass is 533 g/mol. The van der Waals surface area contributed by atoms with Crippen molar-refractivity contribution in [2.75, 3.05) is 18.5 Å². The summed E-state index contributed by atoms with van der Waals surface area (Å²) in [5.74, 6) is -0.0122. The van der Waals surface area contributed by atoms with E-state index in [0.29, 0.717) is 32.8 Å². The fourth-order valence-corrected chi connectivity index (χ4v) is 4.53. The van der Waals surface area contributed by atoms with Crippen LogP contribution in [0.1, 0.15) is 64.2 Å². The number of benzene rings is 2. The van der Waals surface area contributed by atoms with Gasteiger partial charge in [-0.3, -0.25) is 9.59 Å². The Bertz CT molecular complexity index is 1280. The smallest absolute Gasteiger partial charge is 0.226 e. The number of ether oxygens (including phenoxy) is 2.